The summed E-state index contributed by atoms with van der Waals surface area (Å²) < 4.78 is 5.15. The zero-order valence-electron chi connectivity index (χ0n) is 11.5. The first-order chi connectivity index (χ1) is 8.73. The zero-order chi connectivity index (χ0) is 14.6. The van der Waals surface area contributed by atoms with Gasteiger partial charge in [0, 0.05) is 5.56 Å². The van der Waals surface area contributed by atoms with Crippen LogP contribution in [0.4, 0.5) is 10.5 Å². The van der Waals surface area contributed by atoms with Crippen LogP contribution in [0.2, 0.25) is 5.15 Å². The lowest BCUT2D eigenvalue weighted by atomic mass is 10.1. The predicted octanol–water partition coefficient (Wildman–Crippen LogP) is 3.53. The molecule has 1 atom stereocenters. The van der Waals surface area contributed by atoms with E-state index in [1.807, 2.05) is 6.92 Å². The SMILES string of the molecule is CCC(O)c1cc(Cl)ncc1NC(=O)OC(C)(C)C. The third-order valence-corrected chi connectivity index (χ3v) is 2.49. The minimum Gasteiger partial charge on any atom is -0.444 e. The Morgan fingerprint density at radius 3 is 2.74 bits per heavy atom. The molecule has 0 saturated heterocycles. The van der Waals surface area contributed by atoms with Crippen molar-refractivity contribution < 1.29 is 14.6 Å². The van der Waals surface area contributed by atoms with E-state index in [4.69, 9.17) is 16.3 Å². The number of hydrogen-bond donors (Lipinski definition) is 2. The lowest BCUT2D eigenvalue weighted by Gasteiger charge is -2.21. The number of carbonyl (C=O) groups excluding carboxylic acids is 1. The molecule has 1 amide bonds. The van der Waals surface area contributed by atoms with Gasteiger partial charge in [0.25, 0.3) is 0 Å². The highest BCUT2D eigenvalue weighted by Gasteiger charge is 2.19. The summed E-state index contributed by atoms with van der Waals surface area (Å²) in [5.74, 6) is 0. The smallest absolute Gasteiger partial charge is 0.412 e. The van der Waals surface area contributed by atoms with Crippen LogP contribution in [0.25, 0.3) is 0 Å². The summed E-state index contributed by atoms with van der Waals surface area (Å²) in [6, 6.07) is 1.53. The minimum absolute atomic E-state index is 0.261. The van der Waals surface area contributed by atoms with E-state index < -0.39 is 17.8 Å². The number of anilines is 1. The van der Waals surface area contributed by atoms with Crippen LogP contribution in [0, 0.1) is 0 Å². The second-order valence-corrected chi connectivity index (χ2v) is 5.53. The van der Waals surface area contributed by atoms with Crippen LogP contribution >= 0.6 is 11.6 Å². The molecule has 6 heteroatoms. The van der Waals surface area contributed by atoms with Gasteiger partial charge in [-0.25, -0.2) is 9.78 Å². The fourth-order valence-electron chi connectivity index (χ4n) is 1.46. The topological polar surface area (TPSA) is 71.5 Å². The van der Waals surface area contributed by atoms with Crippen LogP contribution in [0.1, 0.15) is 45.8 Å². The Morgan fingerprint density at radius 2 is 2.21 bits per heavy atom. The maximum atomic E-state index is 11.7. The summed E-state index contributed by atoms with van der Waals surface area (Å²) in [7, 11) is 0. The highest BCUT2D eigenvalue weighted by atomic mass is 35.5. The number of nitrogens with zero attached hydrogens (tertiary/aromatic N) is 1. The normalized spacial score (nSPS) is 12.9. The van der Waals surface area contributed by atoms with Gasteiger partial charge < -0.3 is 9.84 Å². The van der Waals surface area contributed by atoms with Gasteiger partial charge in [-0.3, -0.25) is 5.32 Å². The molecule has 106 valence electrons. The van der Waals surface area contributed by atoms with E-state index in [-0.39, 0.29) is 5.15 Å². The fraction of sp³-hybridized carbons (Fsp3) is 0.538. The molecule has 0 aliphatic rings. The summed E-state index contributed by atoms with van der Waals surface area (Å²) >= 11 is 5.79. The number of aliphatic hydroxyl groups is 1. The Kier molecular flexibility index (Phi) is 5.14. The maximum Gasteiger partial charge on any atom is 0.412 e. The summed E-state index contributed by atoms with van der Waals surface area (Å²) in [6.45, 7) is 7.15. The molecule has 1 aromatic heterocycles. The zero-order valence-corrected chi connectivity index (χ0v) is 12.3. The standard InChI is InChI=1S/C13H19ClN2O3/c1-5-10(17)8-6-11(14)15-7-9(8)16-12(18)19-13(2,3)4/h6-7,10,17H,5H2,1-4H3,(H,16,18). The molecule has 1 unspecified atom stereocenters. The summed E-state index contributed by atoms with van der Waals surface area (Å²) in [4.78, 5) is 15.6. The highest BCUT2D eigenvalue weighted by Crippen LogP contribution is 2.27. The van der Waals surface area contributed by atoms with Gasteiger partial charge in [-0.05, 0) is 33.3 Å². The number of aliphatic hydroxyl groups excluding tert-OH is 1. The third kappa shape index (κ3) is 5.04. The molecule has 1 rings (SSSR count). The first kappa shape index (κ1) is 15.7. The van der Waals surface area contributed by atoms with Crippen LogP contribution in [0.5, 0.6) is 0 Å². The van der Waals surface area contributed by atoms with Gasteiger partial charge in [0.05, 0.1) is 18.0 Å². The number of aromatic nitrogens is 1. The summed E-state index contributed by atoms with van der Waals surface area (Å²) in [6.07, 6.45) is 0.593. The van der Waals surface area contributed by atoms with Crippen molar-refractivity contribution >= 4 is 23.4 Å². The molecule has 0 saturated carbocycles. The van der Waals surface area contributed by atoms with Gasteiger partial charge in [-0.15, -0.1) is 0 Å². The fourth-order valence-corrected chi connectivity index (χ4v) is 1.62. The molecule has 19 heavy (non-hydrogen) atoms. The molecule has 0 bridgehead atoms. The Hall–Kier alpha value is -1.33. The van der Waals surface area contributed by atoms with Crippen molar-refractivity contribution in [1.29, 1.82) is 0 Å². The molecule has 0 aromatic carbocycles. The Balaban J connectivity index is 2.91. The van der Waals surface area contributed by atoms with E-state index in [9.17, 15) is 9.90 Å². The second kappa shape index (κ2) is 6.21. The summed E-state index contributed by atoms with van der Waals surface area (Å²) in [5.41, 5.74) is 0.328. The van der Waals surface area contributed by atoms with Crippen LogP contribution < -0.4 is 5.32 Å². The number of rotatable bonds is 3. The van der Waals surface area contributed by atoms with E-state index in [0.717, 1.165) is 0 Å². The number of halogens is 1. The van der Waals surface area contributed by atoms with Crippen LogP contribution in [0.15, 0.2) is 12.3 Å². The average molecular weight is 287 g/mol. The molecule has 0 spiro atoms. The molecule has 0 radical (unpaired) electrons. The number of hydrogen-bond acceptors (Lipinski definition) is 4. The van der Waals surface area contributed by atoms with Crippen molar-refractivity contribution in [2.45, 2.75) is 45.8 Å². The van der Waals surface area contributed by atoms with E-state index in [0.29, 0.717) is 17.7 Å². The molecule has 2 N–H and O–H groups in total. The van der Waals surface area contributed by atoms with Gasteiger partial charge in [-0.2, -0.15) is 0 Å². The number of pyridine rings is 1. The average Bonchev–Trinajstić information content (AvgIpc) is 2.28. The molecule has 5 nitrogen and oxygen atoms in total. The first-order valence-corrected chi connectivity index (χ1v) is 6.44. The van der Waals surface area contributed by atoms with Crippen molar-refractivity contribution in [3.63, 3.8) is 0 Å². The molecule has 0 aliphatic carbocycles. The first-order valence-electron chi connectivity index (χ1n) is 6.06. The van der Waals surface area contributed by atoms with Gasteiger partial charge >= 0.3 is 6.09 Å². The number of carbonyl (C=O) groups is 1. The van der Waals surface area contributed by atoms with E-state index >= 15 is 0 Å². The molecule has 0 aliphatic heterocycles. The van der Waals surface area contributed by atoms with E-state index in [1.165, 1.54) is 12.3 Å². The minimum atomic E-state index is -0.717. The van der Waals surface area contributed by atoms with E-state index in [2.05, 4.69) is 10.3 Å². The molecular weight excluding hydrogens is 268 g/mol. The molecule has 0 fully saturated rings. The molecule has 1 heterocycles. The van der Waals surface area contributed by atoms with Crippen LogP contribution in [-0.2, 0) is 4.74 Å². The van der Waals surface area contributed by atoms with Gasteiger partial charge in [0.1, 0.15) is 10.8 Å². The van der Waals surface area contributed by atoms with Gasteiger partial charge in [0.15, 0.2) is 0 Å². The summed E-state index contributed by atoms with van der Waals surface area (Å²) in [5, 5.41) is 12.7. The Morgan fingerprint density at radius 1 is 1.58 bits per heavy atom. The van der Waals surface area contributed by atoms with Gasteiger partial charge in [0.2, 0.25) is 0 Å². The van der Waals surface area contributed by atoms with Crippen molar-refractivity contribution in [1.82, 2.24) is 4.98 Å². The lowest BCUT2D eigenvalue weighted by Crippen LogP contribution is -2.27. The molecular formula is C13H19ClN2O3. The maximum absolute atomic E-state index is 11.7. The van der Waals surface area contributed by atoms with Crippen LogP contribution in [-0.4, -0.2) is 21.8 Å². The second-order valence-electron chi connectivity index (χ2n) is 5.15. The van der Waals surface area contributed by atoms with Crippen molar-refractivity contribution in [2.24, 2.45) is 0 Å². The highest BCUT2D eigenvalue weighted by molar-refractivity contribution is 6.29. The number of ether oxygens (including phenoxy) is 1. The van der Waals surface area contributed by atoms with Crippen molar-refractivity contribution in [3.05, 3.63) is 23.0 Å². The van der Waals surface area contributed by atoms with Crippen molar-refractivity contribution in [3.8, 4) is 0 Å². The predicted molar refractivity (Wildman–Crippen MR) is 74.4 cm³/mol. The molecule has 1 aromatic rings. The largest absolute Gasteiger partial charge is 0.444 e. The number of nitrogens with one attached hydrogen (secondary N) is 1. The van der Waals surface area contributed by atoms with Gasteiger partial charge in [-0.1, -0.05) is 18.5 Å². The third-order valence-electron chi connectivity index (χ3n) is 2.28. The lowest BCUT2D eigenvalue weighted by molar-refractivity contribution is 0.0635. The van der Waals surface area contributed by atoms with Crippen molar-refractivity contribution in [2.75, 3.05) is 5.32 Å². The Labute approximate surface area is 117 Å². The number of amides is 1. The van der Waals surface area contributed by atoms with Crippen LogP contribution in [0.3, 0.4) is 0 Å². The Bertz CT molecular complexity index is 458. The quantitative estimate of drug-likeness (QED) is 0.834. The monoisotopic (exact) mass is 286 g/mol. The van der Waals surface area contributed by atoms with E-state index in [1.54, 1.807) is 20.8 Å².